The van der Waals surface area contributed by atoms with Gasteiger partial charge in [0.1, 0.15) is 0 Å². The van der Waals surface area contributed by atoms with Crippen molar-refractivity contribution in [2.75, 3.05) is 13.1 Å². The highest BCUT2D eigenvalue weighted by atomic mass is 79.9. The van der Waals surface area contributed by atoms with E-state index in [-0.39, 0.29) is 5.41 Å². The summed E-state index contributed by atoms with van der Waals surface area (Å²) < 4.78 is 2.18. The van der Waals surface area contributed by atoms with E-state index in [0.717, 1.165) is 39.9 Å². The fourth-order valence-corrected chi connectivity index (χ4v) is 6.39. The molecule has 0 bridgehead atoms. The third-order valence-corrected chi connectivity index (χ3v) is 7.18. The highest BCUT2D eigenvalue weighted by Gasteiger charge is 2.44. The van der Waals surface area contributed by atoms with Crippen molar-refractivity contribution >= 4 is 43.5 Å². The van der Waals surface area contributed by atoms with Crippen LogP contribution in [0.5, 0.6) is 0 Å². The number of halogens is 3. The van der Waals surface area contributed by atoms with Crippen molar-refractivity contribution in [3.05, 3.63) is 60.7 Å². The van der Waals surface area contributed by atoms with Gasteiger partial charge in [-0.25, -0.2) is 0 Å². The second-order valence-corrected chi connectivity index (χ2v) is 9.52. The first-order chi connectivity index (χ1) is 12.0. The normalized spacial score (nSPS) is 23.7. The number of rotatable bonds is 1. The van der Waals surface area contributed by atoms with E-state index in [1.807, 2.05) is 12.3 Å². The van der Waals surface area contributed by atoms with Crippen LogP contribution in [0.1, 0.15) is 42.1 Å². The summed E-state index contributed by atoms with van der Waals surface area (Å²) in [6.45, 7) is 4.55. The Hall–Kier alpha value is -0.420. The molecule has 0 radical (unpaired) electrons. The van der Waals surface area contributed by atoms with Gasteiger partial charge < -0.3 is 5.32 Å². The number of hydrogen-bond donors (Lipinski definition) is 1. The Morgan fingerprint density at radius 2 is 1.84 bits per heavy atom. The van der Waals surface area contributed by atoms with Crippen LogP contribution in [0.4, 0.5) is 0 Å². The summed E-state index contributed by atoms with van der Waals surface area (Å²) >= 11 is 13.8. The Kier molecular flexibility index (Phi) is 5.00. The molecule has 1 unspecified atom stereocenters. The maximum atomic E-state index is 6.39. The highest BCUT2D eigenvalue weighted by Crippen LogP contribution is 2.50. The predicted octanol–water partition coefficient (Wildman–Crippen LogP) is 5.66. The molecule has 0 spiro atoms. The number of benzene rings is 1. The summed E-state index contributed by atoms with van der Waals surface area (Å²) in [5.41, 5.74) is 5.24. The van der Waals surface area contributed by atoms with E-state index in [0.29, 0.717) is 5.92 Å². The SMILES string of the molecule is CC1(C2CCNCC2)c2ncc(Br)cc2CCc2cc(Cl)cc(Br)c21. The number of aryl methyl sites for hydroxylation is 2. The molecule has 1 atom stereocenters. The first-order valence-electron chi connectivity index (χ1n) is 8.84. The van der Waals surface area contributed by atoms with Crippen molar-refractivity contribution in [1.29, 1.82) is 0 Å². The zero-order valence-electron chi connectivity index (χ0n) is 14.2. The van der Waals surface area contributed by atoms with Crippen LogP contribution in [-0.2, 0) is 18.3 Å². The number of hydrogen-bond acceptors (Lipinski definition) is 2. The van der Waals surface area contributed by atoms with Crippen LogP contribution in [0.15, 0.2) is 33.3 Å². The van der Waals surface area contributed by atoms with Gasteiger partial charge in [0.05, 0.1) is 5.69 Å². The van der Waals surface area contributed by atoms with Gasteiger partial charge in [0.25, 0.3) is 0 Å². The van der Waals surface area contributed by atoms with Crippen LogP contribution in [-0.4, -0.2) is 18.1 Å². The molecule has 132 valence electrons. The molecule has 1 aliphatic carbocycles. The molecule has 1 aromatic heterocycles. The molecule has 25 heavy (non-hydrogen) atoms. The third-order valence-electron chi connectivity index (χ3n) is 5.90. The van der Waals surface area contributed by atoms with Crippen molar-refractivity contribution in [2.45, 2.75) is 38.0 Å². The van der Waals surface area contributed by atoms with Crippen molar-refractivity contribution in [3.8, 4) is 0 Å². The second-order valence-electron chi connectivity index (χ2n) is 7.31. The van der Waals surface area contributed by atoms with Gasteiger partial charge in [-0.3, -0.25) is 4.98 Å². The summed E-state index contributed by atoms with van der Waals surface area (Å²) in [6, 6.07) is 6.45. The minimum atomic E-state index is -0.104. The predicted molar refractivity (Wildman–Crippen MR) is 111 cm³/mol. The van der Waals surface area contributed by atoms with Crippen molar-refractivity contribution < 1.29 is 0 Å². The van der Waals surface area contributed by atoms with E-state index in [4.69, 9.17) is 16.6 Å². The maximum absolute atomic E-state index is 6.39. The zero-order chi connectivity index (χ0) is 17.6. The van der Waals surface area contributed by atoms with Gasteiger partial charge in [-0.2, -0.15) is 0 Å². The van der Waals surface area contributed by atoms with Crippen LogP contribution < -0.4 is 5.32 Å². The number of aromatic nitrogens is 1. The first-order valence-corrected chi connectivity index (χ1v) is 10.8. The summed E-state index contributed by atoms with van der Waals surface area (Å²) in [6.07, 6.45) is 6.29. The third kappa shape index (κ3) is 3.09. The molecular formula is C20H21Br2ClN2. The molecule has 1 fully saturated rings. The monoisotopic (exact) mass is 482 g/mol. The smallest absolute Gasteiger partial charge is 0.0542 e. The van der Waals surface area contributed by atoms with Crippen molar-refractivity contribution in [1.82, 2.24) is 10.3 Å². The Labute approximate surface area is 171 Å². The lowest BCUT2D eigenvalue weighted by Gasteiger charge is -2.42. The van der Waals surface area contributed by atoms with E-state index >= 15 is 0 Å². The summed E-state index contributed by atoms with van der Waals surface area (Å²) in [7, 11) is 0. The molecule has 0 amide bonds. The molecule has 1 aromatic carbocycles. The van der Waals surface area contributed by atoms with Crippen LogP contribution in [0, 0.1) is 5.92 Å². The van der Waals surface area contributed by atoms with E-state index in [1.54, 1.807) is 0 Å². The maximum Gasteiger partial charge on any atom is 0.0542 e. The summed E-state index contributed by atoms with van der Waals surface area (Å²) in [5.74, 6) is 0.565. The summed E-state index contributed by atoms with van der Waals surface area (Å²) in [5, 5.41) is 4.31. The quantitative estimate of drug-likeness (QED) is 0.565. The molecular weight excluding hydrogens is 463 g/mol. The van der Waals surface area contributed by atoms with Crippen molar-refractivity contribution in [3.63, 3.8) is 0 Å². The molecule has 4 rings (SSSR count). The van der Waals surface area contributed by atoms with E-state index in [1.165, 1.54) is 35.2 Å². The van der Waals surface area contributed by atoms with Crippen molar-refractivity contribution in [2.24, 2.45) is 5.92 Å². The average Bonchev–Trinajstić information content (AvgIpc) is 2.71. The highest BCUT2D eigenvalue weighted by molar-refractivity contribution is 9.10. The fourth-order valence-electron chi connectivity index (χ4n) is 4.73. The molecule has 1 saturated heterocycles. The standard InChI is InChI=1S/C20H21Br2ClN2/c1-20(14-4-6-24-7-5-14)18-12(9-16(23)10-17(18)22)2-3-13-8-15(21)11-25-19(13)20/h8-11,14,24H,2-7H2,1H3. The van der Waals surface area contributed by atoms with Gasteiger partial charge in [-0.1, -0.05) is 27.5 Å². The van der Waals surface area contributed by atoms with Crippen LogP contribution in [0.2, 0.25) is 5.02 Å². The van der Waals surface area contributed by atoms with Crippen LogP contribution >= 0.6 is 43.5 Å². The number of fused-ring (bicyclic) bond motifs is 2. The molecule has 2 nitrogen and oxygen atoms in total. The Morgan fingerprint density at radius 3 is 2.60 bits per heavy atom. The first kappa shape index (κ1) is 18.0. The largest absolute Gasteiger partial charge is 0.317 e. The Balaban J connectivity index is 1.99. The number of nitrogens with zero attached hydrogens (tertiary/aromatic N) is 1. The zero-order valence-corrected chi connectivity index (χ0v) is 18.1. The van der Waals surface area contributed by atoms with Gasteiger partial charge in [0.15, 0.2) is 0 Å². The lowest BCUT2D eigenvalue weighted by Crippen LogP contribution is -2.42. The summed E-state index contributed by atoms with van der Waals surface area (Å²) in [4.78, 5) is 4.95. The Morgan fingerprint density at radius 1 is 1.12 bits per heavy atom. The number of piperidine rings is 1. The minimum Gasteiger partial charge on any atom is -0.317 e. The van der Waals surface area contributed by atoms with Crippen LogP contribution in [0.3, 0.4) is 0 Å². The van der Waals surface area contributed by atoms with E-state index in [9.17, 15) is 0 Å². The van der Waals surface area contributed by atoms with Gasteiger partial charge in [-0.05, 0) is 102 Å². The van der Waals surface area contributed by atoms with Gasteiger partial charge in [0, 0.05) is 25.6 Å². The second kappa shape index (κ2) is 6.95. The molecule has 0 saturated carbocycles. The van der Waals surface area contributed by atoms with E-state index in [2.05, 4.69) is 56.2 Å². The lowest BCUT2D eigenvalue weighted by molar-refractivity contribution is 0.259. The van der Waals surface area contributed by atoms with Gasteiger partial charge in [-0.15, -0.1) is 0 Å². The topological polar surface area (TPSA) is 24.9 Å². The number of nitrogens with one attached hydrogen (secondary N) is 1. The van der Waals surface area contributed by atoms with Gasteiger partial charge >= 0.3 is 0 Å². The fraction of sp³-hybridized carbons (Fsp3) is 0.450. The minimum absolute atomic E-state index is 0.104. The molecule has 2 aromatic rings. The molecule has 2 heterocycles. The Bertz CT molecular complexity index is 818. The molecule has 5 heteroatoms. The molecule has 1 N–H and O–H groups in total. The average molecular weight is 485 g/mol. The lowest BCUT2D eigenvalue weighted by atomic mass is 9.65. The number of pyridine rings is 1. The molecule has 2 aliphatic rings. The van der Waals surface area contributed by atoms with E-state index < -0.39 is 0 Å². The van der Waals surface area contributed by atoms with Crippen LogP contribution in [0.25, 0.3) is 0 Å². The van der Waals surface area contributed by atoms with Gasteiger partial charge in [0.2, 0.25) is 0 Å². The molecule has 1 aliphatic heterocycles.